The molecule has 0 heterocycles. The summed E-state index contributed by atoms with van der Waals surface area (Å²) in [7, 11) is 3.09. The van der Waals surface area contributed by atoms with Crippen LogP contribution in [0.4, 0.5) is 11.4 Å². The Kier molecular flexibility index (Phi) is 7.49. The van der Waals surface area contributed by atoms with Crippen molar-refractivity contribution in [3.8, 4) is 11.5 Å². The quantitative estimate of drug-likeness (QED) is 0.631. The maximum Gasteiger partial charge on any atom is 0.251 e. The first kappa shape index (κ1) is 20.1. The van der Waals surface area contributed by atoms with E-state index >= 15 is 0 Å². The highest BCUT2D eigenvalue weighted by molar-refractivity contribution is 5.96. The predicted molar refractivity (Wildman–Crippen MR) is 106 cm³/mol. The van der Waals surface area contributed by atoms with Crippen LogP contribution in [0, 0.1) is 0 Å². The zero-order chi connectivity index (χ0) is 19.6. The molecule has 0 unspecified atom stereocenters. The second kappa shape index (κ2) is 10.1. The maximum atomic E-state index is 12.2. The van der Waals surface area contributed by atoms with Crippen molar-refractivity contribution >= 4 is 23.2 Å². The summed E-state index contributed by atoms with van der Waals surface area (Å²) in [5.74, 6) is 0.833. The molecular formula is C20H25N3O4. The fourth-order valence-corrected chi connectivity index (χ4v) is 2.37. The van der Waals surface area contributed by atoms with Gasteiger partial charge in [-0.25, -0.2) is 0 Å². The first-order chi connectivity index (χ1) is 13.1. The molecule has 2 amide bonds. The third kappa shape index (κ3) is 5.91. The van der Waals surface area contributed by atoms with Crippen molar-refractivity contribution in [1.29, 1.82) is 0 Å². The van der Waals surface area contributed by atoms with E-state index < -0.39 is 0 Å². The van der Waals surface area contributed by atoms with Gasteiger partial charge in [-0.1, -0.05) is 6.92 Å². The topological polar surface area (TPSA) is 88.7 Å². The Balaban J connectivity index is 1.91. The third-order valence-corrected chi connectivity index (χ3v) is 3.82. The van der Waals surface area contributed by atoms with Crippen molar-refractivity contribution in [1.82, 2.24) is 5.32 Å². The first-order valence-corrected chi connectivity index (χ1v) is 8.71. The van der Waals surface area contributed by atoms with Crippen molar-refractivity contribution in [3.05, 3.63) is 48.0 Å². The van der Waals surface area contributed by atoms with Crippen LogP contribution in [-0.4, -0.2) is 39.1 Å². The van der Waals surface area contributed by atoms with E-state index in [1.807, 2.05) is 6.92 Å². The van der Waals surface area contributed by atoms with E-state index in [0.717, 1.165) is 12.1 Å². The molecule has 7 nitrogen and oxygen atoms in total. The number of benzene rings is 2. The van der Waals surface area contributed by atoms with Gasteiger partial charge in [-0.05, 0) is 42.8 Å². The van der Waals surface area contributed by atoms with Crippen molar-refractivity contribution in [2.75, 3.05) is 37.9 Å². The molecule has 0 fully saturated rings. The molecule has 144 valence electrons. The number of anilines is 2. The highest BCUT2D eigenvalue weighted by atomic mass is 16.5. The lowest BCUT2D eigenvalue weighted by atomic mass is 10.2. The lowest BCUT2D eigenvalue weighted by Gasteiger charge is -2.12. The molecule has 2 rings (SSSR count). The molecule has 0 saturated heterocycles. The Hall–Kier alpha value is -3.22. The van der Waals surface area contributed by atoms with E-state index in [2.05, 4.69) is 16.0 Å². The van der Waals surface area contributed by atoms with E-state index in [4.69, 9.17) is 9.47 Å². The van der Waals surface area contributed by atoms with Crippen LogP contribution in [0.25, 0.3) is 0 Å². The summed E-state index contributed by atoms with van der Waals surface area (Å²) < 4.78 is 10.4. The molecule has 0 spiro atoms. The average Bonchev–Trinajstić information content (AvgIpc) is 2.70. The van der Waals surface area contributed by atoms with Crippen LogP contribution < -0.4 is 25.4 Å². The largest absolute Gasteiger partial charge is 0.497 e. The molecular weight excluding hydrogens is 346 g/mol. The lowest BCUT2D eigenvalue weighted by Crippen LogP contribution is -2.24. The number of amides is 2. The molecule has 27 heavy (non-hydrogen) atoms. The minimum atomic E-state index is -0.230. The monoisotopic (exact) mass is 371 g/mol. The third-order valence-electron chi connectivity index (χ3n) is 3.82. The number of methoxy groups -OCH3 is 2. The zero-order valence-corrected chi connectivity index (χ0v) is 15.8. The molecule has 0 bridgehead atoms. The van der Waals surface area contributed by atoms with Gasteiger partial charge >= 0.3 is 0 Å². The van der Waals surface area contributed by atoms with Crippen molar-refractivity contribution < 1.29 is 19.1 Å². The Morgan fingerprint density at radius 3 is 2.37 bits per heavy atom. The van der Waals surface area contributed by atoms with Gasteiger partial charge in [0.05, 0.1) is 26.5 Å². The number of carbonyl (C=O) groups is 2. The number of rotatable bonds is 9. The van der Waals surface area contributed by atoms with Crippen LogP contribution in [0.15, 0.2) is 42.5 Å². The van der Waals surface area contributed by atoms with Gasteiger partial charge in [-0.15, -0.1) is 0 Å². The van der Waals surface area contributed by atoms with E-state index in [9.17, 15) is 9.59 Å². The molecule has 0 aliphatic carbocycles. The van der Waals surface area contributed by atoms with Gasteiger partial charge in [0.15, 0.2) is 0 Å². The molecule has 2 aromatic rings. The summed E-state index contributed by atoms with van der Waals surface area (Å²) in [5, 5.41) is 8.63. The molecule has 0 aliphatic heterocycles. The van der Waals surface area contributed by atoms with Gasteiger partial charge in [-0.2, -0.15) is 0 Å². The molecule has 0 aromatic heterocycles. The van der Waals surface area contributed by atoms with E-state index in [-0.39, 0.29) is 18.4 Å². The SMILES string of the molecule is CCCNC(=O)c1ccc(NCC(=O)Nc2cc(OC)ccc2OC)cc1. The number of nitrogens with one attached hydrogen (secondary N) is 3. The van der Waals surface area contributed by atoms with Gasteiger partial charge < -0.3 is 25.4 Å². The number of hydrogen-bond acceptors (Lipinski definition) is 5. The summed E-state index contributed by atoms with van der Waals surface area (Å²) in [4.78, 5) is 24.1. The van der Waals surface area contributed by atoms with Gasteiger partial charge in [0, 0.05) is 23.9 Å². The smallest absolute Gasteiger partial charge is 0.251 e. The van der Waals surface area contributed by atoms with Gasteiger partial charge in [0.25, 0.3) is 5.91 Å². The second-order valence-corrected chi connectivity index (χ2v) is 5.80. The zero-order valence-electron chi connectivity index (χ0n) is 15.8. The van der Waals surface area contributed by atoms with Crippen LogP contribution in [0.1, 0.15) is 23.7 Å². The van der Waals surface area contributed by atoms with Crippen LogP contribution in [0.2, 0.25) is 0 Å². The minimum absolute atomic E-state index is 0.0712. The fourth-order valence-electron chi connectivity index (χ4n) is 2.37. The van der Waals surface area contributed by atoms with Crippen LogP contribution in [0.5, 0.6) is 11.5 Å². The van der Waals surface area contributed by atoms with Crippen molar-refractivity contribution in [2.24, 2.45) is 0 Å². The minimum Gasteiger partial charge on any atom is -0.497 e. The first-order valence-electron chi connectivity index (χ1n) is 8.71. The van der Waals surface area contributed by atoms with Crippen LogP contribution in [-0.2, 0) is 4.79 Å². The molecule has 2 aromatic carbocycles. The highest BCUT2D eigenvalue weighted by Gasteiger charge is 2.09. The molecule has 0 saturated carbocycles. The number of hydrogen-bond donors (Lipinski definition) is 3. The van der Waals surface area contributed by atoms with E-state index in [1.54, 1.807) is 49.6 Å². The fraction of sp³-hybridized carbons (Fsp3) is 0.300. The summed E-state index contributed by atoms with van der Waals surface area (Å²) in [6, 6.07) is 12.1. The highest BCUT2D eigenvalue weighted by Crippen LogP contribution is 2.28. The van der Waals surface area contributed by atoms with Gasteiger partial charge in [-0.3, -0.25) is 9.59 Å². The summed E-state index contributed by atoms with van der Waals surface area (Å²) in [6.45, 7) is 2.72. The predicted octanol–water partition coefficient (Wildman–Crippen LogP) is 2.89. The Morgan fingerprint density at radius 1 is 1.00 bits per heavy atom. The van der Waals surface area contributed by atoms with E-state index in [0.29, 0.717) is 29.3 Å². The molecule has 0 atom stereocenters. The summed E-state index contributed by atoms with van der Waals surface area (Å²) in [5.41, 5.74) is 1.86. The van der Waals surface area contributed by atoms with Crippen LogP contribution in [0.3, 0.4) is 0 Å². The second-order valence-electron chi connectivity index (χ2n) is 5.80. The molecule has 0 radical (unpaired) electrons. The Morgan fingerprint density at radius 2 is 1.74 bits per heavy atom. The van der Waals surface area contributed by atoms with Gasteiger partial charge in [0.1, 0.15) is 11.5 Å². The normalized spacial score (nSPS) is 10.0. The number of carbonyl (C=O) groups excluding carboxylic acids is 2. The Bertz CT molecular complexity index is 775. The van der Waals surface area contributed by atoms with Crippen LogP contribution >= 0.6 is 0 Å². The molecule has 0 aliphatic rings. The molecule has 3 N–H and O–H groups in total. The Labute approximate surface area is 159 Å². The summed E-state index contributed by atoms with van der Waals surface area (Å²) in [6.07, 6.45) is 0.887. The van der Waals surface area contributed by atoms with E-state index in [1.165, 1.54) is 7.11 Å². The lowest BCUT2D eigenvalue weighted by molar-refractivity contribution is -0.114. The van der Waals surface area contributed by atoms with Crippen molar-refractivity contribution in [2.45, 2.75) is 13.3 Å². The summed E-state index contributed by atoms with van der Waals surface area (Å²) >= 11 is 0. The number of ether oxygens (including phenoxy) is 2. The standard InChI is InChI=1S/C20H25N3O4/c1-4-11-21-20(25)14-5-7-15(8-6-14)22-13-19(24)23-17-12-16(26-2)9-10-18(17)27-3/h5-10,12,22H,4,11,13H2,1-3H3,(H,21,25)(H,23,24). The maximum absolute atomic E-state index is 12.2. The van der Waals surface area contributed by atoms with Crippen molar-refractivity contribution in [3.63, 3.8) is 0 Å². The van der Waals surface area contributed by atoms with Gasteiger partial charge in [0.2, 0.25) is 5.91 Å². The molecule has 7 heteroatoms. The average molecular weight is 371 g/mol.